The van der Waals surface area contributed by atoms with E-state index in [1.165, 1.54) is 0 Å². The molecule has 0 aliphatic carbocycles. The molecule has 2 aliphatic rings. The van der Waals surface area contributed by atoms with E-state index in [9.17, 15) is 69.5 Å². The Bertz CT molecular complexity index is 1890. The highest BCUT2D eigenvalue weighted by atomic mass is 16.6. The number of nitro groups is 4. The Morgan fingerprint density at radius 1 is 0.741 bits per heavy atom. The topological polar surface area (TPSA) is 347 Å². The van der Waals surface area contributed by atoms with Crippen LogP contribution in [0.5, 0.6) is 0 Å². The number of aliphatic carboxylic acids is 1. The van der Waals surface area contributed by atoms with Gasteiger partial charge in [-0.05, 0) is 38.5 Å². The third kappa shape index (κ3) is 9.39. The van der Waals surface area contributed by atoms with Gasteiger partial charge in [-0.15, -0.1) is 0 Å². The van der Waals surface area contributed by atoms with Crippen LogP contribution in [0.1, 0.15) is 59.2 Å². The first-order valence-corrected chi connectivity index (χ1v) is 16.1. The predicted molar refractivity (Wildman–Crippen MR) is 181 cm³/mol. The molecule has 2 aromatic carbocycles. The smallest absolute Gasteiger partial charge is 0.326 e. The van der Waals surface area contributed by atoms with E-state index in [0.29, 0.717) is 25.0 Å². The quantitative estimate of drug-likeness (QED) is 0.0687. The summed E-state index contributed by atoms with van der Waals surface area (Å²) >= 11 is 0. The molecule has 0 saturated carbocycles. The summed E-state index contributed by atoms with van der Waals surface area (Å²) in [5.74, 6) is -5.14. The molecule has 3 unspecified atom stereocenters. The van der Waals surface area contributed by atoms with E-state index in [2.05, 4.69) is 15.6 Å². The fourth-order valence-corrected chi connectivity index (χ4v) is 6.02. The van der Waals surface area contributed by atoms with E-state index in [-0.39, 0.29) is 56.8 Å². The van der Waals surface area contributed by atoms with Crippen molar-refractivity contribution in [2.45, 2.75) is 56.7 Å². The van der Waals surface area contributed by atoms with Gasteiger partial charge in [-0.3, -0.25) is 69.9 Å². The lowest BCUT2D eigenvalue weighted by molar-refractivity contribution is -0.394. The first-order chi connectivity index (χ1) is 25.5. The number of aliphatic imine (C=N–C) groups is 1. The number of carbonyl (C=O) groups excluding carboxylic acids is 4. The van der Waals surface area contributed by atoms with Crippen LogP contribution in [0.3, 0.4) is 0 Å². The average Bonchev–Trinajstić information content (AvgIpc) is 3.82. The van der Waals surface area contributed by atoms with E-state index in [0.717, 1.165) is 34.1 Å². The molecule has 24 nitrogen and oxygen atoms in total. The Labute approximate surface area is 302 Å². The molecule has 5 N–H and O–H groups in total. The highest BCUT2D eigenvalue weighted by molar-refractivity contribution is 6.03. The number of amides is 4. The van der Waals surface area contributed by atoms with Gasteiger partial charge < -0.3 is 26.0 Å². The number of benzene rings is 2. The molecule has 24 heteroatoms. The maximum atomic E-state index is 13.2. The van der Waals surface area contributed by atoms with E-state index in [1.54, 1.807) is 0 Å². The van der Waals surface area contributed by atoms with Crippen LogP contribution in [0.25, 0.3) is 0 Å². The van der Waals surface area contributed by atoms with Crippen molar-refractivity contribution in [2.24, 2.45) is 10.7 Å². The molecule has 0 radical (unpaired) electrons. The van der Waals surface area contributed by atoms with Crippen molar-refractivity contribution in [3.05, 3.63) is 88.0 Å². The number of non-ortho nitro benzene ring substituents is 4. The van der Waals surface area contributed by atoms with Crippen molar-refractivity contribution >= 4 is 58.3 Å². The zero-order valence-corrected chi connectivity index (χ0v) is 28.0. The van der Waals surface area contributed by atoms with E-state index in [1.807, 2.05) is 0 Å². The summed E-state index contributed by atoms with van der Waals surface area (Å²) in [5, 5.41) is 59.4. The van der Waals surface area contributed by atoms with Crippen LogP contribution >= 0.6 is 0 Å². The molecule has 2 aliphatic heterocycles. The Hall–Kier alpha value is -7.14. The SMILES string of the molecule is NC(=NCCCC(NC(=O)C1CCCN1C(=O)c1cc([N+](=O)[O-])cc([N+](=O)[O-])c1)C(=O)O)NC(=O)C1CCCN1C(=O)c1cc([N+](=O)[O-])cc([N+](=O)[O-])c1. The highest BCUT2D eigenvalue weighted by Crippen LogP contribution is 2.28. The van der Waals surface area contributed by atoms with Gasteiger partial charge >= 0.3 is 5.97 Å². The second-order valence-electron chi connectivity index (χ2n) is 12.1. The number of carboxylic acid groups (broad SMARTS) is 1. The summed E-state index contributed by atoms with van der Waals surface area (Å²) in [6.45, 7) is -0.0399. The summed E-state index contributed by atoms with van der Waals surface area (Å²) in [7, 11) is 0. The molecular formula is C30H32N10O14. The van der Waals surface area contributed by atoms with Gasteiger partial charge in [0, 0.05) is 43.9 Å². The van der Waals surface area contributed by atoms with E-state index >= 15 is 0 Å². The van der Waals surface area contributed by atoms with Crippen LogP contribution in [0.2, 0.25) is 0 Å². The lowest BCUT2D eigenvalue weighted by Gasteiger charge is -2.25. The standard InChI is InChI=1S/C30H32N10O14/c31-30(34-26(42)24-6-3-9-36(24)28(44)17-12-20(39(51)52)15-21(13-17)40(53)54)32-7-1-4-22(29(45)46)33-25(41)23-5-2-8-35(23)27(43)16-10-18(37(47)48)14-19(11-16)38(49)50/h10-15,22-24H,1-9H2,(H,33,41)(H,45,46)(H3,31,32,34,42). The molecule has 2 fully saturated rings. The van der Waals surface area contributed by atoms with E-state index in [4.69, 9.17) is 5.73 Å². The first kappa shape index (κ1) is 39.6. The Kier molecular flexibility index (Phi) is 12.4. The van der Waals surface area contributed by atoms with Gasteiger partial charge in [0.2, 0.25) is 11.8 Å². The average molecular weight is 757 g/mol. The van der Waals surface area contributed by atoms with Gasteiger partial charge in [0.15, 0.2) is 5.96 Å². The van der Waals surface area contributed by atoms with Crippen molar-refractivity contribution in [2.75, 3.05) is 19.6 Å². The van der Waals surface area contributed by atoms with Gasteiger partial charge in [0.05, 0.1) is 43.0 Å². The summed E-state index contributed by atoms with van der Waals surface area (Å²) in [4.78, 5) is 112. The number of nitro benzene ring substituents is 4. The number of rotatable bonds is 14. The van der Waals surface area contributed by atoms with Gasteiger partial charge in [-0.1, -0.05) is 0 Å². The number of carboxylic acids is 1. The molecule has 286 valence electrons. The lowest BCUT2D eigenvalue weighted by Crippen LogP contribution is -2.51. The molecule has 4 rings (SSSR count). The second kappa shape index (κ2) is 16.9. The third-order valence-corrected chi connectivity index (χ3v) is 8.57. The lowest BCUT2D eigenvalue weighted by atomic mass is 10.1. The number of likely N-dealkylation sites (tertiary alicyclic amines) is 2. The molecule has 2 saturated heterocycles. The number of nitrogens with one attached hydrogen (secondary N) is 2. The summed E-state index contributed by atoms with van der Waals surface area (Å²) in [6.07, 6.45) is 0.836. The molecule has 3 atom stereocenters. The van der Waals surface area contributed by atoms with Crippen LogP contribution < -0.4 is 16.4 Å². The van der Waals surface area contributed by atoms with Crippen LogP contribution in [0.15, 0.2) is 41.4 Å². The van der Waals surface area contributed by atoms with Crippen LogP contribution in [0.4, 0.5) is 22.7 Å². The monoisotopic (exact) mass is 756 g/mol. The van der Waals surface area contributed by atoms with Gasteiger partial charge in [0.25, 0.3) is 34.6 Å². The molecule has 0 spiro atoms. The van der Waals surface area contributed by atoms with Crippen molar-refractivity contribution < 1.29 is 48.8 Å². The Morgan fingerprint density at radius 3 is 1.54 bits per heavy atom. The number of hydrogen-bond donors (Lipinski definition) is 4. The van der Waals surface area contributed by atoms with Crippen LogP contribution in [0, 0.1) is 40.5 Å². The Balaban J connectivity index is 1.33. The normalized spacial score (nSPS) is 17.4. The number of carbonyl (C=O) groups is 5. The van der Waals surface area contributed by atoms with Crippen LogP contribution in [-0.4, -0.2) is 108 Å². The Morgan fingerprint density at radius 2 is 1.15 bits per heavy atom. The number of nitrogens with zero attached hydrogens (tertiary/aromatic N) is 7. The van der Waals surface area contributed by atoms with Gasteiger partial charge in [0.1, 0.15) is 18.1 Å². The fraction of sp³-hybridized carbons (Fsp3) is 0.400. The number of nitrogens with two attached hydrogens (primary N) is 1. The molecule has 54 heavy (non-hydrogen) atoms. The first-order valence-electron chi connectivity index (χ1n) is 16.1. The fourth-order valence-electron chi connectivity index (χ4n) is 6.02. The van der Waals surface area contributed by atoms with E-state index < -0.39 is 95.7 Å². The molecule has 4 amide bonds. The minimum Gasteiger partial charge on any atom is -0.480 e. The molecule has 0 aromatic heterocycles. The second-order valence-corrected chi connectivity index (χ2v) is 12.1. The zero-order valence-electron chi connectivity index (χ0n) is 28.0. The zero-order chi connectivity index (χ0) is 39.9. The third-order valence-electron chi connectivity index (χ3n) is 8.57. The largest absolute Gasteiger partial charge is 0.480 e. The maximum absolute atomic E-state index is 13.2. The van der Waals surface area contributed by atoms with Crippen molar-refractivity contribution in [1.29, 1.82) is 0 Å². The minimum absolute atomic E-state index is 0.0228. The van der Waals surface area contributed by atoms with Crippen LogP contribution in [-0.2, 0) is 14.4 Å². The van der Waals surface area contributed by atoms with Gasteiger partial charge in [-0.25, -0.2) is 4.79 Å². The predicted octanol–water partition coefficient (Wildman–Crippen LogP) is 1.01. The molecule has 0 bridgehead atoms. The summed E-state index contributed by atoms with van der Waals surface area (Å²) < 4.78 is 0. The minimum atomic E-state index is -1.46. The molecule has 2 aromatic rings. The summed E-state index contributed by atoms with van der Waals surface area (Å²) in [5.41, 5.74) is 2.30. The molecule has 2 heterocycles. The van der Waals surface area contributed by atoms with Gasteiger partial charge in [-0.2, -0.15) is 0 Å². The van der Waals surface area contributed by atoms with Crippen molar-refractivity contribution in [3.8, 4) is 0 Å². The van der Waals surface area contributed by atoms with Crippen molar-refractivity contribution in [1.82, 2.24) is 20.4 Å². The number of guanidine groups is 1. The highest BCUT2D eigenvalue weighted by Gasteiger charge is 2.38. The van der Waals surface area contributed by atoms with Crippen molar-refractivity contribution in [3.63, 3.8) is 0 Å². The maximum Gasteiger partial charge on any atom is 0.326 e. The summed E-state index contributed by atoms with van der Waals surface area (Å²) in [6, 6.07) is 1.08. The molecular weight excluding hydrogens is 724 g/mol. The number of hydrogen-bond acceptors (Lipinski definition) is 14.